The number of carboxylic acid groups (broad SMARTS) is 1. The molecular formula is C71H93F4N5O9. The SMILES string of the molecule is CCCC(C(=O)C[C@@H](CC(=O)OCC)c1cc(-c2c(C)cc(F)cc2C)cc(C)c1F)n1cc(CCN(C)C)c(C)cc1=O.CCCC(C(=O)O)n1cc(CCN(C)C)c(C)cc1=O.CCOC(=O)C[C@H](N)c1cc(-c2c(C)cc(F)cc2C)cc(C)c1F. The average molecular weight is 1240 g/mol. The fourth-order valence-electron chi connectivity index (χ4n) is 11.2. The molecule has 484 valence electrons. The van der Waals surface area contributed by atoms with Crippen LogP contribution in [0.4, 0.5) is 17.6 Å². The van der Waals surface area contributed by atoms with Gasteiger partial charge in [0, 0.05) is 61.6 Å². The number of carboxylic acids is 1. The number of ketones is 1. The lowest BCUT2D eigenvalue weighted by Gasteiger charge is -2.24. The van der Waals surface area contributed by atoms with Gasteiger partial charge in [-0.05, 0) is 255 Å². The fourth-order valence-corrected chi connectivity index (χ4v) is 11.2. The molecular weight excluding hydrogens is 1140 g/mol. The number of likely N-dealkylation sites (N-methyl/N-ethyl adjacent to an activating group) is 2. The lowest BCUT2D eigenvalue weighted by atomic mass is 9.84. The summed E-state index contributed by atoms with van der Waals surface area (Å²) in [5.74, 6) is -4.62. The number of nitrogens with zero attached hydrogens (tertiary/aromatic N) is 4. The molecule has 0 saturated heterocycles. The quantitative estimate of drug-likeness (QED) is 0.0388. The molecule has 6 rings (SSSR count). The molecule has 6 aromatic rings. The van der Waals surface area contributed by atoms with E-state index in [2.05, 4.69) is 9.80 Å². The van der Waals surface area contributed by atoms with Crippen LogP contribution >= 0.6 is 0 Å². The Morgan fingerprint density at radius 3 is 1.29 bits per heavy atom. The van der Waals surface area contributed by atoms with E-state index in [-0.39, 0.29) is 72.1 Å². The Bertz CT molecular complexity index is 3530. The smallest absolute Gasteiger partial charge is 0.326 e. The molecule has 0 aliphatic carbocycles. The van der Waals surface area contributed by atoms with Gasteiger partial charge in [-0.3, -0.25) is 24.0 Å². The van der Waals surface area contributed by atoms with E-state index < -0.39 is 53.6 Å². The van der Waals surface area contributed by atoms with Gasteiger partial charge in [0.05, 0.1) is 32.1 Å². The van der Waals surface area contributed by atoms with Crippen LogP contribution in [0.3, 0.4) is 0 Å². The third-order valence-electron chi connectivity index (χ3n) is 15.7. The Labute approximate surface area is 523 Å². The van der Waals surface area contributed by atoms with E-state index in [0.29, 0.717) is 47.1 Å². The van der Waals surface area contributed by atoms with Crippen molar-refractivity contribution in [1.82, 2.24) is 18.9 Å². The third kappa shape index (κ3) is 20.8. The van der Waals surface area contributed by atoms with E-state index in [4.69, 9.17) is 15.2 Å². The van der Waals surface area contributed by atoms with E-state index in [1.807, 2.05) is 69.7 Å². The molecule has 4 atom stereocenters. The second-order valence-corrected chi connectivity index (χ2v) is 23.7. The van der Waals surface area contributed by atoms with Gasteiger partial charge in [-0.25, -0.2) is 22.4 Å². The Balaban J connectivity index is 0.000000316. The number of benzene rings is 4. The largest absolute Gasteiger partial charge is 0.480 e. The molecule has 2 heterocycles. The van der Waals surface area contributed by atoms with E-state index in [9.17, 15) is 47.0 Å². The van der Waals surface area contributed by atoms with Crippen molar-refractivity contribution >= 4 is 23.7 Å². The molecule has 14 nitrogen and oxygen atoms in total. The minimum atomic E-state index is -0.948. The van der Waals surface area contributed by atoms with E-state index in [0.717, 1.165) is 82.4 Å². The van der Waals surface area contributed by atoms with Crippen molar-refractivity contribution in [1.29, 1.82) is 0 Å². The van der Waals surface area contributed by atoms with E-state index in [1.165, 1.54) is 39.5 Å². The van der Waals surface area contributed by atoms with Crippen molar-refractivity contribution in [2.24, 2.45) is 5.73 Å². The van der Waals surface area contributed by atoms with Crippen LogP contribution in [-0.2, 0) is 41.5 Å². The van der Waals surface area contributed by atoms with Crippen LogP contribution in [0.5, 0.6) is 0 Å². The Morgan fingerprint density at radius 1 is 0.517 bits per heavy atom. The number of nitrogens with two attached hydrogens (primary N) is 1. The van der Waals surface area contributed by atoms with Gasteiger partial charge in [0.25, 0.3) is 11.1 Å². The first-order valence-corrected chi connectivity index (χ1v) is 30.6. The molecule has 0 spiro atoms. The predicted octanol–water partition coefficient (Wildman–Crippen LogP) is 13.4. The van der Waals surface area contributed by atoms with Crippen LogP contribution in [0.25, 0.3) is 22.3 Å². The molecule has 2 aromatic heterocycles. The first-order valence-electron chi connectivity index (χ1n) is 30.6. The lowest BCUT2D eigenvalue weighted by Crippen LogP contribution is -2.31. The highest BCUT2D eigenvalue weighted by atomic mass is 19.1. The second kappa shape index (κ2) is 34.4. The number of hydrogen-bond acceptors (Lipinski definition) is 11. The Kier molecular flexibility index (Phi) is 28.6. The molecule has 0 saturated carbocycles. The number of ether oxygens (including phenoxy) is 2. The van der Waals surface area contributed by atoms with Crippen LogP contribution in [0.1, 0.15) is 163 Å². The summed E-state index contributed by atoms with van der Waals surface area (Å²) in [6.07, 6.45) is 6.84. The number of esters is 2. The molecule has 2 unspecified atom stereocenters. The molecule has 4 aromatic carbocycles. The zero-order valence-electron chi connectivity index (χ0n) is 55.0. The number of hydrogen-bond donors (Lipinski definition) is 2. The van der Waals surface area contributed by atoms with Crippen molar-refractivity contribution in [3.05, 3.63) is 184 Å². The minimum Gasteiger partial charge on any atom is -0.480 e. The van der Waals surface area contributed by atoms with E-state index >= 15 is 4.39 Å². The average Bonchev–Trinajstić information content (AvgIpc) is 1.19. The number of carbonyl (C=O) groups excluding carboxylic acids is 3. The fraction of sp³-hybridized carbons (Fsp3) is 0.465. The highest BCUT2D eigenvalue weighted by molar-refractivity contribution is 5.85. The number of aliphatic carboxylic acids is 1. The summed E-state index contributed by atoms with van der Waals surface area (Å²) >= 11 is 0. The number of rotatable bonds is 26. The number of pyridine rings is 2. The van der Waals surface area contributed by atoms with E-state index in [1.54, 1.807) is 84.3 Å². The molecule has 0 radical (unpaired) electrons. The van der Waals surface area contributed by atoms with Crippen LogP contribution < -0.4 is 16.9 Å². The summed E-state index contributed by atoms with van der Waals surface area (Å²) in [7, 11) is 7.94. The monoisotopic (exact) mass is 1240 g/mol. The van der Waals surface area contributed by atoms with Crippen LogP contribution in [0.2, 0.25) is 0 Å². The summed E-state index contributed by atoms with van der Waals surface area (Å²) in [6.45, 7) is 23.6. The third-order valence-corrected chi connectivity index (χ3v) is 15.7. The first kappa shape index (κ1) is 73.9. The molecule has 89 heavy (non-hydrogen) atoms. The topological polar surface area (TPSA) is 183 Å². The van der Waals surface area contributed by atoms with Gasteiger partial charge in [0.15, 0.2) is 5.78 Å². The molecule has 0 fully saturated rings. The van der Waals surface area contributed by atoms with Crippen molar-refractivity contribution in [3.63, 3.8) is 0 Å². The number of carbonyl (C=O) groups is 4. The van der Waals surface area contributed by atoms with Gasteiger partial charge in [-0.2, -0.15) is 0 Å². The highest BCUT2D eigenvalue weighted by Crippen LogP contribution is 2.38. The maximum Gasteiger partial charge on any atom is 0.326 e. The molecule has 3 N–H and O–H groups in total. The van der Waals surface area contributed by atoms with Gasteiger partial charge in [0.1, 0.15) is 29.3 Å². The minimum absolute atomic E-state index is 0.102. The van der Waals surface area contributed by atoms with Crippen molar-refractivity contribution < 1.29 is 51.3 Å². The molecule has 0 amide bonds. The lowest BCUT2D eigenvalue weighted by molar-refractivity contribution is -0.144. The highest BCUT2D eigenvalue weighted by Gasteiger charge is 2.30. The van der Waals surface area contributed by atoms with Gasteiger partial charge in [-0.1, -0.05) is 26.7 Å². The molecule has 0 aliphatic rings. The van der Waals surface area contributed by atoms with Gasteiger partial charge in [0.2, 0.25) is 0 Å². The van der Waals surface area contributed by atoms with Crippen LogP contribution in [-0.4, -0.2) is 102 Å². The summed E-state index contributed by atoms with van der Waals surface area (Å²) in [6, 6.07) is 13.2. The summed E-state index contributed by atoms with van der Waals surface area (Å²) < 4.78 is 71.1. The second-order valence-electron chi connectivity index (χ2n) is 23.7. The van der Waals surface area contributed by atoms with Crippen LogP contribution in [0.15, 0.2) is 82.6 Å². The normalized spacial score (nSPS) is 12.6. The van der Waals surface area contributed by atoms with Gasteiger partial charge >= 0.3 is 17.9 Å². The molecule has 18 heteroatoms. The Morgan fingerprint density at radius 2 is 0.899 bits per heavy atom. The van der Waals surface area contributed by atoms with Crippen molar-refractivity contribution in [2.75, 3.05) is 54.5 Å². The Hall–Kier alpha value is -7.54. The summed E-state index contributed by atoms with van der Waals surface area (Å²) in [4.78, 5) is 79.2. The maximum absolute atomic E-state index is 15.9. The first-order chi connectivity index (χ1) is 41.9. The number of Topliss-reactive ketones (excluding diaryl/α,β-unsaturated/α-hetero) is 1. The summed E-state index contributed by atoms with van der Waals surface area (Å²) in [5.41, 5.74) is 16.6. The number of halogens is 4. The zero-order valence-corrected chi connectivity index (χ0v) is 55.0. The van der Waals surface area contributed by atoms with Gasteiger partial charge < -0.3 is 39.2 Å². The summed E-state index contributed by atoms with van der Waals surface area (Å²) in [5, 5.41) is 9.29. The maximum atomic E-state index is 15.9. The van der Waals surface area contributed by atoms with Crippen LogP contribution in [0, 0.1) is 78.7 Å². The predicted molar refractivity (Wildman–Crippen MR) is 345 cm³/mol. The standard InChI is InChI=1S/C36H46F2N2O4.C20H23F2NO2.C15H24N2O3/c1-9-11-31(40-21-26(12-13-39(7)8)22(3)17-33(40)42)32(41)19-27(20-34(43)44-10-2)30-18-28(14-25(6)36(30)38)35-23(4)15-29(37)16-24(35)5;1-5-25-18(24)10-17(23)16-9-14(6-13(4)20(16)22)19-11(2)7-15(21)8-12(19)3;1-5-6-13(15(19)20)17-10-12(7-8-16(3)4)11(2)9-14(17)18/h14-18,21,27,31H,9-13,19-20H2,1-8H3;6-9,17H,5,10,23H2,1-4H3;9-10,13H,5-8H2,1-4H3,(H,19,20)/t27-,31?;17-;/m00./s1. The van der Waals surface area contributed by atoms with Crippen molar-refractivity contribution in [3.8, 4) is 22.3 Å². The zero-order chi connectivity index (χ0) is 66.7. The van der Waals surface area contributed by atoms with Crippen molar-refractivity contribution in [2.45, 2.75) is 165 Å². The number of aromatic nitrogens is 2. The van der Waals surface area contributed by atoms with Gasteiger partial charge in [-0.15, -0.1) is 0 Å². The molecule has 0 bridgehead atoms. The number of aryl methyl sites for hydroxylation is 8. The molecule has 0 aliphatic heterocycles.